The van der Waals surface area contributed by atoms with E-state index in [2.05, 4.69) is 45.2 Å². The highest BCUT2D eigenvalue weighted by Crippen LogP contribution is 2.38. The molecule has 2 aromatic heterocycles. The maximum atomic E-state index is 13.3. The first kappa shape index (κ1) is 29.3. The molecule has 0 N–H and O–H groups in total. The van der Waals surface area contributed by atoms with Crippen LogP contribution in [0.4, 0.5) is 22.2 Å². The van der Waals surface area contributed by atoms with Crippen molar-refractivity contribution in [1.29, 1.82) is 5.26 Å². The van der Waals surface area contributed by atoms with Crippen LogP contribution in [0.5, 0.6) is 0 Å². The molecule has 0 radical (unpaired) electrons. The van der Waals surface area contributed by atoms with Crippen molar-refractivity contribution in [3.8, 4) is 6.07 Å². The van der Waals surface area contributed by atoms with Gasteiger partial charge >= 0.3 is 0 Å². The summed E-state index contributed by atoms with van der Waals surface area (Å²) in [5, 5.41) is 19.2. The van der Waals surface area contributed by atoms with Gasteiger partial charge in [-0.05, 0) is 73.0 Å². The molecule has 0 fully saturated rings. The molecule has 3 aromatic carbocycles. The van der Waals surface area contributed by atoms with Crippen LogP contribution in [0.2, 0.25) is 0 Å². The molecule has 0 saturated carbocycles. The maximum absolute atomic E-state index is 13.3. The number of hydrogen-bond acceptors (Lipinski definition) is 9. The molecule has 1 aliphatic carbocycles. The van der Waals surface area contributed by atoms with Crippen molar-refractivity contribution < 1.29 is 9.59 Å². The summed E-state index contributed by atoms with van der Waals surface area (Å²) < 4.78 is 0.899. The van der Waals surface area contributed by atoms with Gasteiger partial charge in [0.05, 0.1) is 16.5 Å². The topological polar surface area (TPSA) is 98.8 Å². The first-order valence-corrected chi connectivity index (χ1v) is 16.1. The lowest BCUT2D eigenvalue weighted by Crippen LogP contribution is -2.17. The Morgan fingerprint density at radius 1 is 0.932 bits per heavy atom. The number of carbonyl (C=O) groups excluding carboxylic acids is 2. The molecule has 0 bridgehead atoms. The standard InChI is InChI=1S/C35H29N5O2S2/c1-3-4-6-9-22-12-17-28-29(18-22)33(42)31(32(28)41)23(21-36)19-27-20-30-34(43-27)37-35(44-30)39-38-24-13-15-26(16-14-24)40(2)25-10-7-5-8-11-25/h5,7-8,10-20,31H,3-4,6,9H2,1-2H3/b23-19+,39-38?. The zero-order valence-corrected chi connectivity index (χ0v) is 26.0. The number of rotatable bonds is 10. The van der Waals surface area contributed by atoms with Crippen molar-refractivity contribution in [3.63, 3.8) is 0 Å². The lowest BCUT2D eigenvalue weighted by Gasteiger charge is -2.19. The molecule has 0 spiro atoms. The number of hydrogen-bond donors (Lipinski definition) is 0. The fourth-order valence-corrected chi connectivity index (χ4v) is 7.28. The van der Waals surface area contributed by atoms with Gasteiger partial charge in [0, 0.05) is 40.0 Å². The number of Topliss-reactive ketones (excluding diaryl/α,β-unsaturated/α-hetero) is 2. The molecule has 7 nitrogen and oxygen atoms in total. The summed E-state index contributed by atoms with van der Waals surface area (Å²) >= 11 is 2.78. The number of aromatic nitrogens is 1. The lowest BCUT2D eigenvalue weighted by atomic mass is 9.94. The molecule has 1 aliphatic rings. The first-order chi connectivity index (χ1) is 21.4. The Kier molecular flexibility index (Phi) is 8.55. The Morgan fingerprint density at radius 3 is 2.41 bits per heavy atom. The van der Waals surface area contributed by atoms with E-state index in [1.165, 1.54) is 22.7 Å². The summed E-state index contributed by atoms with van der Waals surface area (Å²) in [5.41, 5.74) is 4.89. The minimum atomic E-state index is -1.10. The van der Waals surface area contributed by atoms with E-state index in [0.717, 1.165) is 62.7 Å². The predicted octanol–water partition coefficient (Wildman–Crippen LogP) is 9.88. The molecule has 1 atom stereocenters. The minimum absolute atomic E-state index is 0.152. The molecule has 2 heterocycles. The predicted molar refractivity (Wildman–Crippen MR) is 178 cm³/mol. The van der Waals surface area contributed by atoms with Crippen molar-refractivity contribution in [3.05, 3.63) is 106 Å². The highest BCUT2D eigenvalue weighted by molar-refractivity contribution is 7.29. The summed E-state index contributed by atoms with van der Waals surface area (Å²) in [6.45, 7) is 2.15. The van der Waals surface area contributed by atoms with Crippen molar-refractivity contribution in [2.45, 2.75) is 32.6 Å². The number of ketones is 2. The van der Waals surface area contributed by atoms with Crippen molar-refractivity contribution in [2.75, 3.05) is 11.9 Å². The lowest BCUT2D eigenvalue weighted by molar-refractivity contribution is 0.0867. The van der Waals surface area contributed by atoms with Gasteiger partial charge in [-0.15, -0.1) is 21.6 Å². The second-order valence-electron chi connectivity index (χ2n) is 10.6. The number of aryl methyl sites for hydroxylation is 1. The summed E-state index contributed by atoms with van der Waals surface area (Å²) in [6, 6.07) is 27.5. The monoisotopic (exact) mass is 615 g/mol. The largest absolute Gasteiger partial charge is 0.345 e. The molecular weight excluding hydrogens is 587 g/mol. The smallest absolute Gasteiger partial charge is 0.231 e. The Labute approximate surface area is 263 Å². The van der Waals surface area contributed by atoms with E-state index in [4.69, 9.17) is 0 Å². The van der Waals surface area contributed by atoms with Crippen molar-refractivity contribution >= 4 is 72.0 Å². The van der Waals surface area contributed by atoms with Crippen LogP contribution in [0.15, 0.2) is 94.7 Å². The third-order valence-corrected chi connectivity index (χ3v) is 9.67. The third-order valence-electron chi connectivity index (χ3n) is 7.67. The Balaban J connectivity index is 1.15. The molecule has 5 aromatic rings. The van der Waals surface area contributed by atoms with Gasteiger partial charge in [0.1, 0.15) is 10.7 Å². The van der Waals surface area contributed by atoms with Crippen LogP contribution < -0.4 is 4.90 Å². The number of fused-ring (bicyclic) bond motifs is 2. The Morgan fingerprint density at radius 2 is 1.68 bits per heavy atom. The van der Waals surface area contributed by atoms with E-state index >= 15 is 0 Å². The molecule has 218 valence electrons. The number of carbonyl (C=O) groups is 2. The normalized spacial score (nSPS) is 14.8. The number of nitriles is 1. The van der Waals surface area contributed by atoms with Gasteiger partial charge in [-0.3, -0.25) is 9.59 Å². The van der Waals surface area contributed by atoms with E-state index in [9.17, 15) is 14.9 Å². The van der Waals surface area contributed by atoms with Crippen LogP contribution >= 0.6 is 22.7 Å². The van der Waals surface area contributed by atoms with E-state index in [1.807, 2.05) is 67.7 Å². The van der Waals surface area contributed by atoms with E-state index in [-0.39, 0.29) is 17.1 Å². The molecule has 6 rings (SSSR count). The average Bonchev–Trinajstić information content (AvgIpc) is 3.69. The summed E-state index contributed by atoms with van der Waals surface area (Å²) in [7, 11) is 2.02. The van der Waals surface area contributed by atoms with Gasteiger partial charge < -0.3 is 4.90 Å². The maximum Gasteiger partial charge on any atom is 0.231 e. The highest BCUT2D eigenvalue weighted by Gasteiger charge is 2.41. The van der Waals surface area contributed by atoms with Crippen LogP contribution in [0, 0.1) is 17.2 Å². The van der Waals surface area contributed by atoms with Crippen LogP contribution in [-0.4, -0.2) is 23.6 Å². The highest BCUT2D eigenvalue weighted by atomic mass is 32.1. The van der Waals surface area contributed by atoms with Gasteiger partial charge in [-0.1, -0.05) is 61.4 Å². The number of thiophene rings is 1. The average molecular weight is 616 g/mol. The van der Waals surface area contributed by atoms with Crippen LogP contribution in [0.25, 0.3) is 15.6 Å². The first-order valence-electron chi connectivity index (χ1n) is 14.5. The number of anilines is 2. The number of allylic oxidation sites excluding steroid dienone is 1. The zero-order chi connectivity index (χ0) is 30.6. The third kappa shape index (κ3) is 6.00. The van der Waals surface area contributed by atoms with Crippen LogP contribution in [0.3, 0.4) is 0 Å². The number of thiazole rings is 1. The fourth-order valence-electron chi connectivity index (χ4n) is 5.29. The fraction of sp³-hybridized carbons (Fsp3) is 0.200. The zero-order valence-electron chi connectivity index (χ0n) is 24.4. The van der Waals surface area contributed by atoms with E-state index in [0.29, 0.717) is 16.3 Å². The van der Waals surface area contributed by atoms with Crippen molar-refractivity contribution in [1.82, 2.24) is 4.98 Å². The van der Waals surface area contributed by atoms with Crippen molar-refractivity contribution in [2.24, 2.45) is 16.1 Å². The molecule has 0 saturated heterocycles. The second-order valence-corrected chi connectivity index (χ2v) is 12.7. The van der Waals surface area contributed by atoms with E-state index < -0.39 is 5.92 Å². The van der Waals surface area contributed by atoms with Gasteiger partial charge in [-0.2, -0.15) is 5.26 Å². The molecule has 0 amide bonds. The summed E-state index contributed by atoms with van der Waals surface area (Å²) in [5.74, 6) is -1.71. The molecular formula is C35H29N5O2S2. The summed E-state index contributed by atoms with van der Waals surface area (Å²) in [6.07, 6.45) is 5.78. The SMILES string of the molecule is CCCCCc1ccc2c(c1)C(=O)C(/C(C#N)=C/c1cc3sc(N=Nc4ccc(N(C)c5ccccc5)cc4)nc3s1)C2=O. The Hall–Kier alpha value is -4.78. The van der Waals surface area contributed by atoms with Gasteiger partial charge in [-0.25, -0.2) is 4.98 Å². The number of nitrogens with zero attached hydrogens (tertiary/aromatic N) is 5. The van der Waals surface area contributed by atoms with E-state index in [1.54, 1.807) is 12.1 Å². The number of para-hydroxylation sites is 1. The van der Waals surface area contributed by atoms with Gasteiger partial charge in [0.15, 0.2) is 11.6 Å². The second kappa shape index (κ2) is 12.8. The summed E-state index contributed by atoms with van der Waals surface area (Å²) in [4.78, 5) is 34.7. The number of azo groups is 1. The van der Waals surface area contributed by atoms with Gasteiger partial charge in [0.25, 0.3) is 0 Å². The molecule has 44 heavy (non-hydrogen) atoms. The molecule has 1 unspecified atom stereocenters. The molecule has 9 heteroatoms. The quantitative estimate of drug-likeness (QED) is 0.0674. The Bertz CT molecular complexity index is 1920. The number of benzene rings is 3. The number of unbranched alkanes of at least 4 members (excludes halogenated alkanes) is 2. The minimum Gasteiger partial charge on any atom is -0.345 e. The van der Waals surface area contributed by atoms with Crippen LogP contribution in [0.1, 0.15) is 57.3 Å². The van der Waals surface area contributed by atoms with Crippen LogP contribution in [-0.2, 0) is 6.42 Å². The van der Waals surface area contributed by atoms with Gasteiger partial charge in [0.2, 0.25) is 5.13 Å². The molecule has 0 aliphatic heterocycles.